The minimum absolute atomic E-state index is 0. The van der Waals surface area contributed by atoms with E-state index in [1.807, 2.05) is 38.4 Å². The number of hydrogen-bond donors (Lipinski definition) is 0. The summed E-state index contributed by atoms with van der Waals surface area (Å²) in [5.41, 5.74) is 3.07. The minimum atomic E-state index is -1.87. The predicted octanol–water partition coefficient (Wildman–Crippen LogP) is 8.28. The van der Waals surface area contributed by atoms with Gasteiger partial charge < -0.3 is 9.53 Å². The molecule has 1 aromatic carbocycles. The predicted molar refractivity (Wildman–Crippen MR) is 164 cm³/mol. The first-order valence-electron chi connectivity index (χ1n) is 13.8. The molecule has 1 heterocycles. The Balaban J connectivity index is 0.000000581. The second-order valence-corrected chi connectivity index (χ2v) is 18.1. The van der Waals surface area contributed by atoms with E-state index in [-0.39, 0.29) is 33.4 Å². The zero-order valence-corrected chi connectivity index (χ0v) is 29.0. The molecule has 1 aliphatic carbocycles. The fourth-order valence-corrected chi connectivity index (χ4v) is 5.08. The average molecular weight is 590 g/mol. The third-order valence-electron chi connectivity index (χ3n) is 8.76. The molecular formula is C34H51FeNO2Si. The number of rotatable bonds is 5. The topological polar surface area (TPSA) is 38.2 Å². The van der Waals surface area contributed by atoms with E-state index in [0.717, 1.165) is 17.2 Å². The molecule has 0 spiro atoms. The van der Waals surface area contributed by atoms with Crippen molar-refractivity contribution in [1.29, 1.82) is 0 Å². The van der Waals surface area contributed by atoms with Gasteiger partial charge >= 0.3 is 0 Å². The molecule has 1 aliphatic heterocycles. The van der Waals surface area contributed by atoms with E-state index in [1.54, 1.807) is 4.90 Å². The van der Waals surface area contributed by atoms with Crippen LogP contribution in [0.2, 0.25) is 18.1 Å². The molecule has 216 valence electrons. The van der Waals surface area contributed by atoms with E-state index in [2.05, 4.69) is 101 Å². The molecule has 1 saturated carbocycles. The van der Waals surface area contributed by atoms with Crippen LogP contribution in [0.1, 0.15) is 94.2 Å². The summed E-state index contributed by atoms with van der Waals surface area (Å²) in [5, 5.41) is 13.3. The molecule has 2 aliphatic rings. The van der Waals surface area contributed by atoms with Gasteiger partial charge in [-0.15, -0.1) is 4.90 Å². The van der Waals surface area contributed by atoms with Gasteiger partial charge in [0.1, 0.15) is 12.5 Å². The van der Waals surface area contributed by atoms with Crippen LogP contribution in [0.25, 0.3) is 5.57 Å². The maximum atomic E-state index is 13.1. The quantitative estimate of drug-likeness (QED) is 0.197. The van der Waals surface area contributed by atoms with E-state index >= 15 is 0 Å². The summed E-state index contributed by atoms with van der Waals surface area (Å²) in [6.45, 7) is 32.9. The van der Waals surface area contributed by atoms with Gasteiger partial charge in [0.05, 0.1) is 0 Å². The number of allylic oxidation sites excluding steroid dienone is 1. The van der Waals surface area contributed by atoms with Gasteiger partial charge in [-0.1, -0.05) is 100 Å². The molecule has 1 saturated heterocycles. The number of likely N-dealkylation sites (tertiary alicyclic amines) is 1. The van der Waals surface area contributed by atoms with Crippen molar-refractivity contribution in [1.82, 2.24) is 4.90 Å². The standard InChI is InChI=1S/C24H37NO2Si.C10H15.Fe/c1-18(19-12-14-20(15-13-19)23(2,3)4)22(26)25-16-10-11-21(25)17-27-28(8,9)24(5,6)7;1-6-7(2)9(4)10(5)8(6)3;/h10-16,26H,17H2,1-9H3;1-5H3;/q+1;;/p-1/b22-18-;;. The second kappa shape index (κ2) is 14.1. The van der Waals surface area contributed by atoms with Crippen LogP contribution in [0.15, 0.2) is 30.1 Å². The van der Waals surface area contributed by atoms with Gasteiger partial charge in [-0.05, 0) is 71.2 Å². The Hall–Kier alpha value is -0.584. The van der Waals surface area contributed by atoms with E-state index in [4.69, 9.17) is 4.43 Å². The summed E-state index contributed by atoms with van der Waals surface area (Å²) < 4.78 is 6.32. The summed E-state index contributed by atoms with van der Waals surface area (Å²) in [5.74, 6) is 7.34. The van der Waals surface area contributed by atoms with Crippen LogP contribution in [-0.2, 0) is 26.9 Å². The molecule has 0 atom stereocenters. The van der Waals surface area contributed by atoms with Crippen LogP contribution in [0.5, 0.6) is 0 Å². The summed E-state index contributed by atoms with van der Waals surface area (Å²) >= 11 is 0. The van der Waals surface area contributed by atoms with Crippen LogP contribution in [0, 0.1) is 55.0 Å². The fourth-order valence-electron chi connectivity index (χ4n) is 4.13. The first-order valence-corrected chi connectivity index (χ1v) is 16.7. The first-order chi connectivity index (χ1) is 17.3. The molecular weight excluding hydrogens is 538 g/mol. The van der Waals surface area contributed by atoms with Gasteiger partial charge in [-0.3, -0.25) is 0 Å². The zero-order valence-electron chi connectivity index (χ0n) is 26.9. The van der Waals surface area contributed by atoms with E-state index in [9.17, 15) is 5.11 Å². The normalized spacial score (nSPS) is 20.6. The van der Waals surface area contributed by atoms with Crippen molar-refractivity contribution in [2.24, 2.45) is 0 Å². The Labute approximate surface area is 254 Å². The van der Waals surface area contributed by atoms with Crippen molar-refractivity contribution in [3.63, 3.8) is 0 Å². The maximum absolute atomic E-state index is 13.1. The van der Waals surface area contributed by atoms with Crippen LogP contribution >= 0.6 is 0 Å². The van der Waals surface area contributed by atoms with Crippen LogP contribution in [0.4, 0.5) is 0 Å². The molecule has 0 amide bonds. The smallest absolute Gasteiger partial charge is 0.235 e. The monoisotopic (exact) mass is 589 g/mol. The molecule has 0 N–H and O–H groups in total. The fraction of sp³-hybridized carbons (Fsp3) is 0.500. The Kier molecular flexibility index (Phi) is 13.1. The minimum Gasteiger partial charge on any atom is -0.827 e. The van der Waals surface area contributed by atoms with Crippen LogP contribution < -0.4 is 10.0 Å². The molecule has 3 nitrogen and oxygen atoms in total. The molecule has 39 heavy (non-hydrogen) atoms. The van der Waals surface area contributed by atoms with Crippen molar-refractivity contribution >= 4 is 13.9 Å². The van der Waals surface area contributed by atoms with Crippen LogP contribution in [0.3, 0.4) is 0 Å². The maximum Gasteiger partial charge on any atom is 0.235 e. The first kappa shape index (κ1) is 36.4. The van der Waals surface area contributed by atoms with Gasteiger partial charge in [0.2, 0.25) is 6.04 Å². The SMILES string of the molecule is C/C(=C(/[O-])[N+]1[CH][CH][CH][C]1CO[Si](C)(C)C(C)(C)C)c1ccc(C(C)(C)C)cc1.C[C]1[C](C)[C](C)[C](C)[C]1C.[Fe]. The van der Waals surface area contributed by atoms with E-state index < -0.39 is 8.32 Å². The molecule has 0 unspecified atom stereocenters. The van der Waals surface area contributed by atoms with Crippen LogP contribution in [-0.4, -0.2) is 14.9 Å². The summed E-state index contributed by atoms with van der Waals surface area (Å²) in [6.07, 6.45) is 3.89. The van der Waals surface area contributed by atoms with Gasteiger partial charge in [0.15, 0.2) is 14.9 Å². The molecule has 5 heteroatoms. The number of nitrogens with zero attached hydrogens (tertiary/aromatic N) is 1. The van der Waals surface area contributed by atoms with E-state index in [0.29, 0.717) is 6.61 Å². The van der Waals surface area contributed by atoms with Crippen molar-refractivity contribution in [2.45, 2.75) is 107 Å². The van der Waals surface area contributed by atoms with Crippen molar-refractivity contribution in [3.05, 3.63) is 96.3 Å². The molecule has 3 rings (SSSR count). The largest absolute Gasteiger partial charge is 0.827 e. The Morgan fingerprint density at radius 3 is 1.64 bits per heavy atom. The number of hydrogen-bond acceptors (Lipinski definition) is 3. The second-order valence-electron chi connectivity index (χ2n) is 13.3. The van der Waals surface area contributed by atoms with Gasteiger partial charge in [0, 0.05) is 35.5 Å². The van der Waals surface area contributed by atoms with Crippen molar-refractivity contribution < 1.29 is 26.6 Å². The molecule has 1 aromatic rings. The summed E-state index contributed by atoms with van der Waals surface area (Å²) in [7, 11) is -1.87. The molecule has 10 radical (unpaired) electrons. The van der Waals surface area contributed by atoms with Crippen molar-refractivity contribution in [3.8, 4) is 0 Å². The Morgan fingerprint density at radius 1 is 0.821 bits per heavy atom. The van der Waals surface area contributed by atoms with E-state index in [1.165, 1.54) is 35.2 Å². The third kappa shape index (κ3) is 8.95. The van der Waals surface area contributed by atoms with Gasteiger partial charge in [0.25, 0.3) is 0 Å². The third-order valence-corrected chi connectivity index (χ3v) is 13.2. The summed E-state index contributed by atoms with van der Waals surface area (Å²) in [6, 6.07) is 9.22. The molecule has 0 aromatic heterocycles. The molecule has 0 bridgehead atoms. The van der Waals surface area contributed by atoms with Crippen molar-refractivity contribution in [2.75, 3.05) is 6.61 Å². The molecule has 2 fully saturated rings. The zero-order chi connectivity index (χ0) is 29.2. The summed E-state index contributed by atoms with van der Waals surface area (Å²) in [4.78, 5) is 1.72. The van der Waals surface area contributed by atoms with Gasteiger partial charge in [-0.2, -0.15) is 0 Å². The average Bonchev–Trinajstić information content (AvgIpc) is 3.37. The van der Waals surface area contributed by atoms with Gasteiger partial charge in [-0.25, -0.2) is 0 Å². The number of benzene rings is 1. The Bertz CT molecular complexity index is 883. The Morgan fingerprint density at radius 2 is 1.26 bits per heavy atom.